The van der Waals surface area contributed by atoms with Gasteiger partial charge < -0.3 is 20.3 Å². The molecule has 0 spiro atoms. The molecular weight excluding hydrogens is 702 g/mol. The van der Waals surface area contributed by atoms with E-state index in [4.69, 9.17) is 15.6 Å². The van der Waals surface area contributed by atoms with Crippen LogP contribution in [0, 0.1) is 11.7 Å². The molecule has 14 nitrogen and oxygen atoms in total. The van der Waals surface area contributed by atoms with Gasteiger partial charge in [-0.25, -0.2) is 9.37 Å². The molecule has 2 atom stereocenters. The van der Waals surface area contributed by atoms with Gasteiger partial charge in [0.2, 0.25) is 11.8 Å². The van der Waals surface area contributed by atoms with Crippen LogP contribution in [0.1, 0.15) is 61.4 Å². The molecule has 15 heteroatoms. The van der Waals surface area contributed by atoms with Crippen LogP contribution in [0.25, 0.3) is 16.8 Å². The number of ether oxygens (including phenoxy) is 1. The van der Waals surface area contributed by atoms with Crippen molar-refractivity contribution in [3.63, 3.8) is 0 Å². The molecule has 1 unspecified atom stereocenters. The monoisotopic (exact) mass is 745 g/mol. The van der Waals surface area contributed by atoms with Crippen LogP contribution >= 0.6 is 0 Å². The Bertz CT molecular complexity index is 2210. The van der Waals surface area contributed by atoms with Crippen LogP contribution in [0.2, 0.25) is 0 Å². The Hall–Kier alpha value is -5.67. The van der Waals surface area contributed by atoms with Crippen molar-refractivity contribution in [2.45, 2.75) is 63.9 Å². The molecule has 0 radical (unpaired) electrons. The normalized spacial score (nSPS) is 20.3. The molecule has 7 heterocycles. The molecule has 2 amide bonds. The van der Waals surface area contributed by atoms with Crippen molar-refractivity contribution in [1.29, 1.82) is 0 Å². The number of anilines is 2. The van der Waals surface area contributed by atoms with E-state index in [1.807, 2.05) is 19.2 Å². The first-order valence-electron chi connectivity index (χ1n) is 19.0. The van der Waals surface area contributed by atoms with E-state index in [-0.39, 0.29) is 29.5 Å². The second-order valence-electron chi connectivity index (χ2n) is 15.2. The van der Waals surface area contributed by atoms with Gasteiger partial charge in [0.25, 0.3) is 0 Å². The summed E-state index contributed by atoms with van der Waals surface area (Å²) in [6.07, 6.45) is 11.3. The van der Waals surface area contributed by atoms with Gasteiger partial charge in [-0.15, -0.1) is 0 Å². The number of benzene rings is 2. The molecule has 3 fully saturated rings. The maximum absolute atomic E-state index is 14.3. The van der Waals surface area contributed by atoms with Crippen LogP contribution in [-0.2, 0) is 22.7 Å². The molecule has 55 heavy (non-hydrogen) atoms. The van der Waals surface area contributed by atoms with E-state index in [9.17, 15) is 14.0 Å². The number of carbonyl (C=O) groups is 2. The first-order chi connectivity index (χ1) is 26.7. The predicted molar refractivity (Wildman–Crippen MR) is 203 cm³/mol. The Balaban J connectivity index is 0.765. The Kier molecular flexibility index (Phi) is 9.26. The molecule has 0 bridgehead atoms. The zero-order valence-corrected chi connectivity index (χ0v) is 30.7. The molecule has 4 aliphatic rings. The van der Waals surface area contributed by atoms with Crippen molar-refractivity contribution in [3.8, 4) is 22.6 Å². The maximum atomic E-state index is 14.3. The van der Waals surface area contributed by atoms with Crippen LogP contribution in [0.5, 0.6) is 5.75 Å². The van der Waals surface area contributed by atoms with Crippen molar-refractivity contribution in [1.82, 2.24) is 44.9 Å². The van der Waals surface area contributed by atoms with E-state index in [1.54, 1.807) is 24.7 Å². The number of fused-ring (bicyclic) bond motifs is 1. The van der Waals surface area contributed by atoms with E-state index in [2.05, 4.69) is 64.3 Å². The molecule has 3 saturated heterocycles. The average molecular weight is 746 g/mol. The van der Waals surface area contributed by atoms with Crippen molar-refractivity contribution in [2.24, 2.45) is 5.92 Å². The second kappa shape index (κ2) is 14.5. The summed E-state index contributed by atoms with van der Waals surface area (Å²) in [4.78, 5) is 37.1. The van der Waals surface area contributed by atoms with Gasteiger partial charge in [-0.1, -0.05) is 6.07 Å². The first kappa shape index (κ1) is 35.1. The highest BCUT2D eigenvalue weighted by Crippen LogP contribution is 2.35. The number of hydrogen-bond acceptors (Lipinski definition) is 11. The van der Waals surface area contributed by atoms with Gasteiger partial charge in [0.1, 0.15) is 11.9 Å². The third-order valence-electron chi connectivity index (χ3n) is 11.5. The molecule has 5 aromatic rings. The lowest BCUT2D eigenvalue weighted by molar-refractivity contribution is -0.137. The minimum absolute atomic E-state index is 0.167. The zero-order valence-electron chi connectivity index (χ0n) is 30.7. The van der Waals surface area contributed by atoms with Crippen molar-refractivity contribution < 1.29 is 18.7 Å². The van der Waals surface area contributed by atoms with Crippen molar-refractivity contribution in [2.75, 3.05) is 43.4 Å². The second-order valence-corrected chi connectivity index (χ2v) is 15.2. The minimum atomic E-state index is -0.564. The quantitative estimate of drug-likeness (QED) is 0.197. The molecular formula is C40H44FN11O3. The minimum Gasteiger partial charge on any atom is -0.482 e. The number of nitrogen functional groups attached to an aromatic ring is 1. The molecule has 4 aliphatic heterocycles. The predicted octanol–water partition coefficient (Wildman–Crippen LogP) is 4.28. The van der Waals surface area contributed by atoms with Gasteiger partial charge in [-0.3, -0.25) is 24.5 Å². The van der Waals surface area contributed by atoms with Gasteiger partial charge in [-0.05, 0) is 73.7 Å². The highest BCUT2D eigenvalue weighted by molar-refractivity contribution is 6.00. The molecule has 0 aliphatic carbocycles. The average Bonchev–Trinajstić information content (AvgIpc) is 3.96. The summed E-state index contributed by atoms with van der Waals surface area (Å²) >= 11 is 0. The third kappa shape index (κ3) is 7.16. The fourth-order valence-corrected chi connectivity index (χ4v) is 8.50. The van der Waals surface area contributed by atoms with Crippen LogP contribution in [-0.4, -0.2) is 90.1 Å². The molecule has 9 rings (SSSR count). The fraction of sp³-hybridized carbons (Fsp3) is 0.400. The number of imide groups is 1. The third-order valence-corrected chi connectivity index (χ3v) is 11.5. The van der Waals surface area contributed by atoms with E-state index in [0.717, 1.165) is 69.8 Å². The standard InChI is InChI=1S/C40H44FN11O3/c1-25(34-16-31(41)3-5-35(34)52-44-10-11-45-52)55-37-15-28(17-43-39(37)42)30-18-46-51(24-30)32-8-12-48(13-9-32)19-26-20-49(21-26)33-4-2-27-22-50(23-29(27)14-33)36-6-7-38(53)47-40(36)54/h2-5,10-11,14-18,24-26,32,36H,6-9,12-13,19-23H2,1H3,(H2,42,43)(H,47,53,54)/t25-,36?/m1/s1. The summed E-state index contributed by atoms with van der Waals surface area (Å²) in [5.74, 6) is 0.550. The number of halogens is 1. The van der Waals surface area contributed by atoms with Gasteiger partial charge in [0.05, 0.1) is 36.4 Å². The Morgan fingerprint density at radius 3 is 2.55 bits per heavy atom. The van der Waals surface area contributed by atoms with Gasteiger partial charge >= 0.3 is 0 Å². The summed E-state index contributed by atoms with van der Waals surface area (Å²) < 4.78 is 22.6. The van der Waals surface area contributed by atoms with E-state index < -0.39 is 6.10 Å². The Morgan fingerprint density at radius 2 is 1.75 bits per heavy atom. The number of pyridine rings is 1. The zero-order chi connectivity index (χ0) is 37.6. The van der Waals surface area contributed by atoms with Crippen LogP contribution in [0.3, 0.4) is 0 Å². The number of carbonyl (C=O) groups excluding carboxylic acids is 2. The van der Waals surface area contributed by atoms with Gasteiger partial charge in [0, 0.05) is 92.9 Å². The molecule has 284 valence electrons. The van der Waals surface area contributed by atoms with Crippen LogP contribution < -0.4 is 20.7 Å². The summed E-state index contributed by atoms with van der Waals surface area (Å²) in [5.41, 5.74) is 13.0. The SMILES string of the molecule is C[C@@H](Oc1cc(-c2cnn(C3CCN(CC4CN(c5ccc6c(c5)CN(C5CCC(=O)NC5=O)C6)C4)CC3)c2)cnc1N)c1cc(F)ccc1-n1nccn1. The fourth-order valence-electron chi connectivity index (χ4n) is 8.50. The number of likely N-dealkylation sites (tertiary alicyclic amines) is 1. The largest absolute Gasteiger partial charge is 0.482 e. The molecule has 3 aromatic heterocycles. The highest BCUT2D eigenvalue weighted by Gasteiger charge is 2.36. The first-order valence-corrected chi connectivity index (χ1v) is 19.0. The number of rotatable bonds is 10. The Labute approximate surface area is 318 Å². The van der Waals surface area contributed by atoms with Crippen LogP contribution in [0.4, 0.5) is 15.9 Å². The number of hydrogen-bond donors (Lipinski definition) is 2. The number of nitrogens with zero attached hydrogens (tertiary/aromatic N) is 9. The van der Waals surface area contributed by atoms with E-state index in [1.165, 1.54) is 33.7 Å². The Morgan fingerprint density at radius 1 is 0.945 bits per heavy atom. The number of amides is 2. The lowest BCUT2D eigenvalue weighted by atomic mass is 9.96. The van der Waals surface area contributed by atoms with Gasteiger partial charge in [0.15, 0.2) is 11.6 Å². The lowest BCUT2D eigenvalue weighted by Gasteiger charge is -2.44. The summed E-state index contributed by atoms with van der Waals surface area (Å²) in [6.45, 7) is 8.56. The molecule has 2 aromatic carbocycles. The number of nitrogens with two attached hydrogens (primary N) is 1. The topological polar surface area (TPSA) is 153 Å². The smallest absolute Gasteiger partial charge is 0.243 e. The van der Waals surface area contributed by atoms with Crippen molar-refractivity contribution in [3.05, 3.63) is 96.0 Å². The van der Waals surface area contributed by atoms with Crippen LogP contribution in [0.15, 0.2) is 73.4 Å². The van der Waals surface area contributed by atoms with E-state index in [0.29, 0.717) is 41.8 Å². The number of aromatic nitrogens is 6. The lowest BCUT2D eigenvalue weighted by Crippen LogP contribution is -2.52. The molecule has 3 N–H and O–H groups in total. The number of piperidine rings is 2. The van der Waals surface area contributed by atoms with Crippen molar-refractivity contribution >= 4 is 23.3 Å². The number of nitrogens with one attached hydrogen (secondary N) is 1. The maximum Gasteiger partial charge on any atom is 0.243 e. The highest BCUT2D eigenvalue weighted by atomic mass is 19.1. The summed E-state index contributed by atoms with van der Waals surface area (Å²) in [5, 5.41) is 15.6. The molecule has 0 saturated carbocycles. The summed E-state index contributed by atoms with van der Waals surface area (Å²) in [7, 11) is 0. The van der Waals surface area contributed by atoms with Gasteiger partial charge in [-0.2, -0.15) is 20.1 Å². The van der Waals surface area contributed by atoms with E-state index >= 15 is 0 Å². The summed E-state index contributed by atoms with van der Waals surface area (Å²) in [6, 6.07) is 13.1.